The second kappa shape index (κ2) is 8.41. The summed E-state index contributed by atoms with van der Waals surface area (Å²) in [6.07, 6.45) is 1.92. The van der Waals surface area contributed by atoms with Gasteiger partial charge in [0, 0.05) is 23.7 Å². The summed E-state index contributed by atoms with van der Waals surface area (Å²) in [5.74, 6) is 0.597. The zero-order chi connectivity index (χ0) is 20.9. The van der Waals surface area contributed by atoms with Crippen LogP contribution < -0.4 is 10.6 Å². The van der Waals surface area contributed by atoms with Gasteiger partial charge < -0.3 is 10.6 Å². The molecule has 3 aromatic carbocycles. The van der Waals surface area contributed by atoms with Gasteiger partial charge in [0.05, 0.1) is 18.0 Å². The molecule has 30 heavy (non-hydrogen) atoms. The Morgan fingerprint density at radius 3 is 2.53 bits per heavy atom. The van der Waals surface area contributed by atoms with Crippen molar-refractivity contribution < 1.29 is 4.79 Å². The Bertz CT molecular complexity index is 1260. The maximum absolute atomic E-state index is 11.4. The molecule has 0 aliphatic rings. The van der Waals surface area contributed by atoms with Crippen LogP contribution in [0.2, 0.25) is 0 Å². The summed E-state index contributed by atoms with van der Waals surface area (Å²) >= 11 is 0. The normalized spacial score (nSPS) is 10.4. The van der Waals surface area contributed by atoms with Crippen molar-refractivity contribution in [3.05, 3.63) is 78.6 Å². The van der Waals surface area contributed by atoms with Crippen molar-refractivity contribution in [2.75, 3.05) is 10.6 Å². The Labute approximate surface area is 174 Å². The zero-order valence-electron chi connectivity index (χ0n) is 16.4. The molecule has 4 aromatic rings. The van der Waals surface area contributed by atoms with E-state index in [1.165, 1.54) is 13.3 Å². The molecule has 6 heteroatoms. The van der Waals surface area contributed by atoms with Gasteiger partial charge in [-0.25, -0.2) is 9.97 Å². The SMILES string of the molecule is CC(=O)Nc1cccc(-c2ccc3ncnc(Nc4ccc(CC#N)cc4)c3c2)c1. The highest BCUT2D eigenvalue weighted by atomic mass is 16.1. The van der Waals surface area contributed by atoms with Gasteiger partial charge >= 0.3 is 0 Å². The summed E-state index contributed by atoms with van der Waals surface area (Å²) in [5, 5.41) is 15.9. The smallest absolute Gasteiger partial charge is 0.221 e. The molecule has 1 heterocycles. The maximum Gasteiger partial charge on any atom is 0.221 e. The number of amides is 1. The Kier molecular flexibility index (Phi) is 5.35. The number of nitrogens with one attached hydrogen (secondary N) is 2. The van der Waals surface area contributed by atoms with Crippen molar-refractivity contribution in [3.63, 3.8) is 0 Å². The number of rotatable bonds is 5. The van der Waals surface area contributed by atoms with Gasteiger partial charge in [-0.1, -0.05) is 30.3 Å². The number of hydrogen-bond acceptors (Lipinski definition) is 5. The number of anilines is 3. The van der Waals surface area contributed by atoms with Crippen molar-refractivity contribution in [3.8, 4) is 17.2 Å². The molecule has 0 radical (unpaired) electrons. The Hall–Kier alpha value is -4.24. The second-order valence-electron chi connectivity index (χ2n) is 6.87. The standard InChI is InChI=1S/C24H19N5O/c1-16(30)28-21-4-2-3-18(13-21)19-7-10-23-22(14-19)24(27-15-26-23)29-20-8-5-17(6-9-20)11-12-25/h2-10,13-15H,11H2,1H3,(H,28,30)(H,26,27,29). The summed E-state index contributed by atoms with van der Waals surface area (Å²) in [6.45, 7) is 1.49. The molecule has 0 saturated heterocycles. The number of benzene rings is 3. The van der Waals surface area contributed by atoms with E-state index < -0.39 is 0 Å². The molecule has 1 aromatic heterocycles. The van der Waals surface area contributed by atoms with E-state index in [4.69, 9.17) is 5.26 Å². The van der Waals surface area contributed by atoms with Crippen LogP contribution in [0.25, 0.3) is 22.0 Å². The van der Waals surface area contributed by atoms with Gasteiger partial charge in [-0.05, 0) is 53.1 Å². The van der Waals surface area contributed by atoms with Crippen molar-refractivity contribution in [1.29, 1.82) is 5.26 Å². The van der Waals surface area contributed by atoms with Gasteiger partial charge in [0.2, 0.25) is 5.91 Å². The minimum absolute atomic E-state index is 0.105. The molecule has 0 atom stereocenters. The van der Waals surface area contributed by atoms with Crippen LogP contribution in [-0.4, -0.2) is 15.9 Å². The van der Waals surface area contributed by atoms with Crippen LogP contribution in [0.5, 0.6) is 0 Å². The van der Waals surface area contributed by atoms with E-state index in [1.54, 1.807) is 0 Å². The lowest BCUT2D eigenvalue weighted by atomic mass is 10.0. The number of carbonyl (C=O) groups is 1. The molecule has 0 aliphatic heterocycles. The molecular formula is C24H19N5O. The van der Waals surface area contributed by atoms with E-state index in [0.29, 0.717) is 12.2 Å². The van der Waals surface area contributed by atoms with Gasteiger partial charge in [-0.3, -0.25) is 4.79 Å². The van der Waals surface area contributed by atoms with E-state index in [-0.39, 0.29) is 5.91 Å². The van der Waals surface area contributed by atoms with Gasteiger partial charge in [0.15, 0.2) is 0 Å². The Morgan fingerprint density at radius 2 is 1.77 bits per heavy atom. The first-order chi connectivity index (χ1) is 14.6. The Balaban J connectivity index is 1.69. The summed E-state index contributed by atoms with van der Waals surface area (Å²) in [4.78, 5) is 20.2. The third-order valence-corrected chi connectivity index (χ3v) is 4.65. The van der Waals surface area contributed by atoms with Crippen LogP contribution in [0.1, 0.15) is 12.5 Å². The number of nitriles is 1. The largest absolute Gasteiger partial charge is 0.340 e. The highest BCUT2D eigenvalue weighted by Crippen LogP contribution is 2.29. The third-order valence-electron chi connectivity index (χ3n) is 4.65. The second-order valence-corrected chi connectivity index (χ2v) is 6.87. The van der Waals surface area contributed by atoms with Crippen LogP contribution in [0.3, 0.4) is 0 Å². The predicted molar refractivity (Wildman–Crippen MR) is 118 cm³/mol. The molecule has 0 spiro atoms. The average Bonchev–Trinajstić information content (AvgIpc) is 2.75. The number of fused-ring (bicyclic) bond motifs is 1. The van der Waals surface area contributed by atoms with Crippen molar-refractivity contribution in [2.45, 2.75) is 13.3 Å². The van der Waals surface area contributed by atoms with Gasteiger partial charge in [-0.15, -0.1) is 0 Å². The Morgan fingerprint density at radius 1 is 0.967 bits per heavy atom. The number of nitrogens with zero attached hydrogens (tertiary/aromatic N) is 3. The van der Waals surface area contributed by atoms with E-state index in [9.17, 15) is 4.79 Å². The molecule has 0 bridgehead atoms. The zero-order valence-corrected chi connectivity index (χ0v) is 16.4. The van der Waals surface area contributed by atoms with Crippen molar-refractivity contribution >= 4 is 34.0 Å². The highest BCUT2D eigenvalue weighted by molar-refractivity contribution is 5.94. The van der Waals surface area contributed by atoms with Crippen molar-refractivity contribution in [1.82, 2.24) is 9.97 Å². The van der Waals surface area contributed by atoms with Crippen LogP contribution in [0, 0.1) is 11.3 Å². The number of aromatic nitrogens is 2. The summed E-state index contributed by atoms with van der Waals surface area (Å²) in [6, 6.07) is 23.6. The fraction of sp³-hybridized carbons (Fsp3) is 0.0833. The lowest BCUT2D eigenvalue weighted by Gasteiger charge is -2.11. The third kappa shape index (κ3) is 4.26. The van der Waals surface area contributed by atoms with E-state index in [2.05, 4.69) is 26.7 Å². The van der Waals surface area contributed by atoms with E-state index in [1.807, 2.05) is 66.7 Å². The van der Waals surface area contributed by atoms with Gasteiger partial charge in [0.25, 0.3) is 0 Å². The lowest BCUT2D eigenvalue weighted by Crippen LogP contribution is -2.05. The monoisotopic (exact) mass is 393 g/mol. The molecular weight excluding hydrogens is 374 g/mol. The fourth-order valence-corrected chi connectivity index (χ4v) is 3.25. The van der Waals surface area contributed by atoms with Crippen LogP contribution in [-0.2, 0) is 11.2 Å². The van der Waals surface area contributed by atoms with Crippen LogP contribution >= 0.6 is 0 Å². The van der Waals surface area contributed by atoms with Crippen LogP contribution in [0.4, 0.5) is 17.2 Å². The highest BCUT2D eigenvalue weighted by Gasteiger charge is 2.08. The van der Waals surface area contributed by atoms with E-state index >= 15 is 0 Å². The molecule has 146 valence electrons. The number of hydrogen-bond donors (Lipinski definition) is 2. The predicted octanol–water partition coefficient (Wildman–Crippen LogP) is 5.06. The first-order valence-corrected chi connectivity index (χ1v) is 9.48. The first kappa shape index (κ1) is 19.1. The summed E-state index contributed by atoms with van der Waals surface area (Å²) in [7, 11) is 0. The number of carbonyl (C=O) groups excluding carboxylic acids is 1. The molecule has 0 unspecified atom stereocenters. The van der Waals surface area contributed by atoms with Gasteiger partial charge in [-0.2, -0.15) is 5.26 Å². The van der Waals surface area contributed by atoms with Gasteiger partial charge in [0.1, 0.15) is 12.1 Å². The van der Waals surface area contributed by atoms with Crippen LogP contribution in [0.15, 0.2) is 73.1 Å². The molecule has 0 saturated carbocycles. The molecule has 1 amide bonds. The molecule has 4 rings (SSSR count). The molecule has 6 nitrogen and oxygen atoms in total. The maximum atomic E-state index is 11.4. The minimum atomic E-state index is -0.105. The topological polar surface area (TPSA) is 90.7 Å². The summed E-state index contributed by atoms with van der Waals surface area (Å²) < 4.78 is 0. The molecule has 2 N–H and O–H groups in total. The molecule has 0 aliphatic carbocycles. The first-order valence-electron chi connectivity index (χ1n) is 9.48. The summed E-state index contributed by atoms with van der Waals surface area (Å²) in [5.41, 5.74) is 5.41. The van der Waals surface area contributed by atoms with Crippen molar-refractivity contribution in [2.24, 2.45) is 0 Å². The lowest BCUT2D eigenvalue weighted by molar-refractivity contribution is -0.114. The minimum Gasteiger partial charge on any atom is -0.340 e. The average molecular weight is 393 g/mol. The molecule has 0 fully saturated rings. The fourth-order valence-electron chi connectivity index (χ4n) is 3.25. The van der Waals surface area contributed by atoms with E-state index in [0.717, 1.165) is 39.0 Å². The quantitative estimate of drug-likeness (QED) is 0.494.